The standard InChI is InChI=1S/C27H32N2O5S/c1-17-9-10-18(2)19(16-17)28-13-7-11-27-22(21-20(35-27)8-3-6-15-34-26(21)33)24(31)29(12-4-5-14-30)23(27)25(28)32/h3,7-11,16,20-23,30H,4-6,12-15H2,1-2H3/t20-,21+,22-,23?,27-/m0/s1. The van der Waals surface area contributed by atoms with E-state index in [0.29, 0.717) is 39.0 Å². The van der Waals surface area contributed by atoms with Gasteiger partial charge in [0, 0.05) is 30.6 Å². The van der Waals surface area contributed by atoms with Crippen molar-refractivity contribution in [2.75, 3.05) is 31.2 Å². The zero-order valence-electron chi connectivity index (χ0n) is 20.2. The number of ether oxygens (including phenoxy) is 1. The maximum atomic E-state index is 14.3. The molecule has 0 aliphatic carbocycles. The van der Waals surface area contributed by atoms with E-state index in [1.54, 1.807) is 21.6 Å². The van der Waals surface area contributed by atoms with Crippen LogP contribution in [0.2, 0.25) is 0 Å². The van der Waals surface area contributed by atoms with Gasteiger partial charge < -0.3 is 19.6 Å². The highest BCUT2D eigenvalue weighted by atomic mass is 32.2. The Bertz CT molecular complexity index is 1100. The highest BCUT2D eigenvalue weighted by Gasteiger charge is 2.70. The molecule has 1 aromatic rings. The summed E-state index contributed by atoms with van der Waals surface area (Å²) in [4.78, 5) is 44.9. The van der Waals surface area contributed by atoms with Crippen LogP contribution in [-0.2, 0) is 19.1 Å². The summed E-state index contributed by atoms with van der Waals surface area (Å²) in [5.41, 5.74) is 2.90. The SMILES string of the molecule is Cc1ccc(C)c(N2CC=C[C@]34S[C@H]5C=CCCOC(=O)[C@H]5[C@H]3C(=O)N(CCCCO)C4C2=O)c1. The lowest BCUT2D eigenvalue weighted by Crippen LogP contribution is -2.53. The molecule has 1 aromatic carbocycles. The summed E-state index contributed by atoms with van der Waals surface area (Å²) in [6.07, 6.45) is 9.82. The molecule has 2 amide bonds. The first kappa shape index (κ1) is 24.1. The van der Waals surface area contributed by atoms with E-state index in [4.69, 9.17) is 4.74 Å². The third-order valence-corrected chi connectivity index (χ3v) is 9.33. The predicted molar refractivity (Wildman–Crippen MR) is 135 cm³/mol. The van der Waals surface area contributed by atoms with Crippen molar-refractivity contribution >= 4 is 35.2 Å². The molecule has 5 atom stereocenters. The molecule has 4 aliphatic heterocycles. The molecule has 0 radical (unpaired) electrons. The molecule has 1 N–H and O–H groups in total. The monoisotopic (exact) mass is 496 g/mol. The molecule has 1 spiro atoms. The molecule has 8 heteroatoms. The van der Waals surface area contributed by atoms with Crippen LogP contribution in [0.25, 0.3) is 0 Å². The van der Waals surface area contributed by atoms with Gasteiger partial charge in [0.25, 0.3) is 5.91 Å². The molecule has 186 valence electrons. The van der Waals surface area contributed by atoms with Gasteiger partial charge >= 0.3 is 5.97 Å². The lowest BCUT2D eigenvalue weighted by atomic mass is 9.78. The molecular formula is C27H32N2O5S. The number of unbranched alkanes of at least 4 members (excludes halogenated alkanes) is 1. The van der Waals surface area contributed by atoms with Gasteiger partial charge in [-0.1, -0.05) is 36.4 Å². The van der Waals surface area contributed by atoms with Crippen molar-refractivity contribution in [3.63, 3.8) is 0 Å². The molecule has 2 saturated heterocycles. The Morgan fingerprint density at radius 3 is 2.77 bits per heavy atom. The van der Waals surface area contributed by atoms with Gasteiger partial charge in [-0.25, -0.2) is 0 Å². The Kier molecular flexibility index (Phi) is 6.53. The van der Waals surface area contributed by atoms with Crippen LogP contribution >= 0.6 is 11.8 Å². The quantitative estimate of drug-likeness (QED) is 0.383. The van der Waals surface area contributed by atoms with Crippen LogP contribution in [0.3, 0.4) is 0 Å². The molecule has 1 unspecified atom stereocenters. The van der Waals surface area contributed by atoms with E-state index in [1.807, 2.05) is 56.4 Å². The van der Waals surface area contributed by atoms with E-state index in [0.717, 1.165) is 16.8 Å². The van der Waals surface area contributed by atoms with Gasteiger partial charge in [0.05, 0.1) is 23.2 Å². The third-order valence-electron chi connectivity index (χ3n) is 7.58. The van der Waals surface area contributed by atoms with Crippen LogP contribution in [-0.4, -0.2) is 70.1 Å². The Hall–Kier alpha value is -2.58. The van der Waals surface area contributed by atoms with Crippen LogP contribution in [0.1, 0.15) is 30.4 Å². The number of esters is 1. The Balaban J connectivity index is 1.61. The highest BCUT2D eigenvalue weighted by Crippen LogP contribution is 2.61. The van der Waals surface area contributed by atoms with E-state index < -0.39 is 22.6 Å². The summed E-state index contributed by atoms with van der Waals surface area (Å²) in [6, 6.07) is 5.32. The fraction of sp³-hybridized carbons (Fsp3) is 0.519. The number of fused-ring (bicyclic) bond motifs is 2. The van der Waals surface area contributed by atoms with Crippen LogP contribution in [0, 0.1) is 25.7 Å². The number of anilines is 1. The molecule has 0 aromatic heterocycles. The van der Waals surface area contributed by atoms with E-state index in [1.165, 1.54) is 0 Å². The highest BCUT2D eigenvalue weighted by molar-refractivity contribution is 8.02. The first-order chi connectivity index (χ1) is 16.9. The number of nitrogens with zero attached hydrogens (tertiary/aromatic N) is 2. The zero-order valence-corrected chi connectivity index (χ0v) is 21.0. The van der Waals surface area contributed by atoms with Crippen molar-refractivity contribution in [1.82, 2.24) is 4.90 Å². The smallest absolute Gasteiger partial charge is 0.311 e. The van der Waals surface area contributed by atoms with E-state index in [2.05, 4.69) is 0 Å². The van der Waals surface area contributed by atoms with Crippen molar-refractivity contribution < 1.29 is 24.2 Å². The summed E-state index contributed by atoms with van der Waals surface area (Å²) in [7, 11) is 0. The summed E-state index contributed by atoms with van der Waals surface area (Å²) in [6.45, 7) is 5.09. The van der Waals surface area contributed by atoms with Crippen molar-refractivity contribution in [3.05, 3.63) is 53.6 Å². The fourth-order valence-corrected chi connectivity index (χ4v) is 7.97. The molecule has 5 rings (SSSR count). The topological polar surface area (TPSA) is 87.2 Å². The molecule has 4 aliphatic rings. The summed E-state index contributed by atoms with van der Waals surface area (Å²) in [5.74, 6) is -1.93. The van der Waals surface area contributed by atoms with Gasteiger partial charge in [0.1, 0.15) is 6.04 Å². The first-order valence-corrected chi connectivity index (χ1v) is 13.3. The second-order valence-corrected chi connectivity index (χ2v) is 11.3. The number of cyclic esters (lactones) is 1. The Labute approximate surface area is 210 Å². The van der Waals surface area contributed by atoms with E-state index in [-0.39, 0.29) is 29.6 Å². The van der Waals surface area contributed by atoms with Gasteiger partial charge in [-0.05, 0) is 50.3 Å². The van der Waals surface area contributed by atoms with Gasteiger partial charge in [-0.3, -0.25) is 14.4 Å². The van der Waals surface area contributed by atoms with Gasteiger partial charge in [0.2, 0.25) is 5.91 Å². The number of hydrogen-bond donors (Lipinski definition) is 1. The minimum absolute atomic E-state index is 0.0281. The van der Waals surface area contributed by atoms with E-state index >= 15 is 0 Å². The molecule has 35 heavy (non-hydrogen) atoms. The lowest BCUT2D eigenvalue weighted by Gasteiger charge is -2.35. The second kappa shape index (κ2) is 9.47. The summed E-state index contributed by atoms with van der Waals surface area (Å²) in [5, 5.41) is 9.11. The molecule has 0 saturated carbocycles. The first-order valence-electron chi connectivity index (χ1n) is 12.4. The van der Waals surface area contributed by atoms with Crippen molar-refractivity contribution in [3.8, 4) is 0 Å². The maximum absolute atomic E-state index is 14.3. The number of hydrogen-bond acceptors (Lipinski definition) is 6. The Morgan fingerprint density at radius 1 is 1.14 bits per heavy atom. The molecule has 2 fully saturated rings. The fourth-order valence-electron chi connectivity index (χ4n) is 5.97. The number of carbonyl (C=O) groups excluding carboxylic acids is 3. The summed E-state index contributed by atoms with van der Waals surface area (Å²) < 4.78 is 4.67. The largest absolute Gasteiger partial charge is 0.465 e. The minimum Gasteiger partial charge on any atom is -0.465 e. The number of aliphatic hydroxyl groups is 1. The summed E-state index contributed by atoms with van der Waals surface area (Å²) >= 11 is 1.56. The minimum atomic E-state index is -0.844. The Morgan fingerprint density at radius 2 is 1.97 bits per heavy atom. The van der Waals surface area contributed by atoms with Crippen LogP contribution in [0.15, 0.2) is 42.5 Å². The number of aliphatic hydroxyl groups excluding tert-OH is 1. The zero-order chi connectivity index (χ0) is 24.7. The number of benzene rings is 1. The molecule has 4 heterocycles. The molecule has 7 nitrogen and oxygen atoms in total. The molecule has 0 bridgehead atoms. The van der Waals surface area contributed by atoms with Crippen LogP contribution in [0.4, 0.5) is 5.69 Å². The van der Waals surface area contributed by atoms with Gasteiger partial charge in [-0.15, -0.1) is 11.8 Å². The van der Waals surface area contributed by atoms with Crippen LogP contribution in [0.5, 0.6) is 0 Å². The predicted octanol–water partition coefficient (Wildman–Crippen LogP) is 2.78. The number of carbonyl (C=O) groups is 3. The number of aryl methyl sites for hydroxylation is 2. The van der Waals surface area contributed by atoms with Gasteiger partial charge in [-0.2, -0.15) is 0 Å². The average molecular weight is 497 g/mol. The average Bonchev–Trinajstić information content (AvgIpc) is 3.19. The van der Waals surface area contributed by atoms with Gasteiger partial charge in [0.15, 0.2) is 0 Å². The maximum Gasteiger partial charge on any atom is 0.311 e. The van der Waals surface area contributed by atoms with Crippen molar-refractivity contribution in [2.45, 2.75) is 49.1 Å². The third kappa shape index (κ3) is 3.91. The normalized spacial score (nSPS) is 32.0. The van der Waals surface area contributed by atoms with Crippen molar-refractivity contribution in [1.29, 1.82) is 0 Å². The van der Waals surface area contributed by atoms with Crippen LogP contribution < -0.4 is 4.90 Å². The number of amides is 2. The van der Waals surface area contributed by atoms with Crippen molar-refractivity contribution in [2.24, 2.45) is 11.8 Å². The number of likely N-dealkylation sites (tertiary alicyclic amines) is 1. The number of rotatable bonds is 5. The lowest BCUT2D eigenvalue weighted by molar-refractivity contribution is -0.153. The molecular weight excluding hydrogens is 464 g/mol. The number of thioether (sulfide) groups is 1. The second-order valence-electron chi connectivity index (χ2n) is 9.83. The van der Waals surface area contributed by atoms with E-state index in [9.17, 15) is 19.5 Å².